The Morgan fingerprint density at radius 3 is 0.689 bits per heavy atom. The van der Waals surface area contributed by atoms with E-state index in [9.17, 15) is 9.59 Å². The molecule has 2 nitrogen and oxygen atoms in total. The van der Waals surface area contributed by atoms with Gasteiger partial charge in [-0.2, -0.15) is 0 Å². The number of hydrogen-bond acceptors (Lipinski definition) is 8. The molecule has 0 aliphatic heterocycles. The highest BCUT2D eigenvalue weighted by molar-refractivity contribution is 7.35. The first-order valence-electron chi connectivity index (χ1n) is 42.6. The fourth-order valence-corrected chi connectivity index (χ4v) is 25.5. The Balaban J connectivity index is 1.25. The van der Waals surface area contributed by atoms with Gasteiger partial charge in [-0.15, -0.1) is 68.0 Å². The Morgan fingerprint density at radius 1 is 0.245 bits per heavy atom. The predicted molar refractivity (Wildman–Crippen MR) is 470 cm³/mol. The van der Waals surface area contributed by atoms with E-state index in [1.54, 1.807) is 22.7 Å². The highest BCUT2D eigenvalue weighted by Crippen LogP contribution is 2.71. The minimum Gasteiger partial charge on any atom is -0.297 e. The van der Waals surface area contributed by atoms with Gasteiger partial charge in [0.15, 0.2) is 12.6 Å². The van der Waals surface area contributed by atoms with Crippen LogP contribution < -0.4 is 0 Å². The van der Waals surface area contributed by atoms with Crippen LogP contribution in [0.4, 0.5) is 0 Å². The van der Waals surface area contributed by atoms with Crippen LogP contribution in [0.25, 0.3) is 48.4 Å². The molecule has 0 saturated heterocycles. The summed E-state index contributed by atoms with van der Waals surface area (Å²) in [4.78, 5) is 37.7. The van der Waals surface area contributed by atoms with E-state index in [1.807, 2.05) is 22.7 Å². The third kappa shape index (κ3) is 18.0. The number of aldehydes is 2. The van der Waals surface area contributed by atoms with Gasteiger partial charge in [0, 0.05) is 30.6 Å². The van der Waals surface area contributed by atoms with Gasteiger partial charge in [0.05, 0.1) is 49.5 Å². The largest absolute Gasteiger partial charge is 0.297 e. The average Bonchev–Trinajstić information content (AvgIpc) is 1.48. The van der Waals surface area contributed by atoms with Gasteiger partial charge in [0.1, 0.15) is 0 Å². The number of carbonyl (C=O) groups excluding carboxylic acids is 2. The van der Waals surface area contributed by atoms with Crippen LogP contribution in [0.1, 0.15) is 369 Å². The molecular formula is C98H124O2S6. The lowest BCUT2D eigenvalue weighted by Gasteiger charge is -2.35. The SMILES string of the molecule is CCCCCCc1cc(CCCCCC)cc(C2(c3cc(CCCCCC)cc(CCCCCC)c3)c3cc(-c4ccc(C=O)s4)sc3-c3sc4c5c(sc4c32)-c2sc(-c3ccc(C=O)s3)cc2C5(c2cc(CCCCCC)cc(CCCCCC)c2)c2cc(CCCCCC)cc(CCCCCC)c2)c1. The zero-order valence-corrected chi connectivity index (χ0v) is 71.0. The van der Waals surface area contributed by atoms with Crippen molar-refractivity contribution >= 4 is 90.0 Å². The summed E-state index contributed by atoms with van der Waals surface area (Å²) >= 11 is 11.6. The van der Waals surface area contributed by atoms with Crippen molar-refractivity contribution in [1.29, 1.82) is 0 Å². The van der Waals surface area contributed by atoms with Crippen molar-refractivity contribution in [3.05, 3.63) is 208 Å². The first kappa shape index (κ1) is 80.2. The maximum atomic E-state index is 12.7. The molecule has 4 aromatic carbocycles. The average molecular weight is 1530 g/mol. The number of thiophene rings is 6. The summed E-state index contributed by atoms with van der Waals surface area (Å²) in [6.45, 7) is 18.8. The van der Waals surface area contributed by atoms with E-state index >= 15 is 0 Å². The van der Waals surface area contributed by atoms with Crippen molar-refractivity contribution in [1.82, 2.24) is 0 Å². The Morgan fingerprint density at radius 2 is 0.481 bits per heavy atom. The Kier molecular flexibility index (Phi) is 29.9. The summed E-state index contributed by atoms with van der Waals surface area (Å²) in [5.41, 5.74) is 22.4. The van der Waals surface area contributed by atoms with Crippen LogP contribution in [0.3, 0.4) is 0 Å². The quantitative estimate of drug-likeness (QED) is 0.0281. The summed E-state index contributed by atoms with van der Waals surface area (Å²) in [5.74, 6) is 0. The lowest BCUT2D eigenvalue weighted by molar-refractivity contribution is 0.111. The molecule has 0 amide bonds. The summed E-state index contributed by atoms with van der Waals surface area (Å²) < 4.78 is 2.95. The van der Waals surface area contributed by atoms with E-state index in [2.05, 4.69) is 187 Å². The molecule has 6 aromatic heterocycles. The minimum absolute atomic E-state index is 0.654. The molecule has 10 aromatic rings. The molecule has 0 radical (unpaired) electrons. The highest BCUT2D eigenvalue weighted by Gasteiger charge is 2.56. The molecule has 0 saturated carbocycles. The van der Waals surface area contributed by atoms with Crippen molar-refractivity contribution in [2.45, 2.75) is 323 Å². The van der Waals surface area contributed by atoms with Crippen LogP contribution >= 0.6 is 68.0 Å². The van der Waals surface area contributed by atoms with Crippen molar-refractivity contribution < 1.29 is 9.59 Å². The van der Waals surface area contributed by atoms with Crippen LogP contribution in [0.15, 0.2) is 109 Å². The summed E-state index contributed by atoms with van der Waals surface area (Å²) in [5, 5.41) is 0. The molecule has 0 fully saturated rings. The lowest BCUT2D eigenvalue weighted by Crippen LogP contribution is -2.30. The van der Waals surface area contributed by atoms with Crippen LogP contribution in [-0.2, 0) is 62.2 Å². The number of rotatable bonds is 48. The molecule has 564 valence electrons. The topological polar surface area (TPSA) is 34.1 Å². The van der Waals surface area contributed by atoms with Crippen LogP contribution in [0.5, 0.6) is 0 Å². The van der Waals surface area contributed by atoms with Gasteiger partial charge in [-0.1, -0.05) is 282 Å². The number of hydrogen-bond donors (Lipinski definition) is 0. The van der Waals surface area contributed by atoms with Crippen LogP contribution in [0.2, 0.25) is 0 Å². The van der Waals surface area contributed by atoms with Gasteiger partial charge in [0.2, 0.25) is 0 Å². The fourth-order valence-electron chi connectivity index (χ4n) is 17.9. The second-order valence-electron chi connectivity index (χ2n) is 31.8. The molecule has 2 aliphatic rings. The Bertz CT molecular complexity index is 3920. The number of benzene rings is 4. The third-order valence-electron chi connectivity index (χ3n) is 23.4. The lowest BCUT2D eigenvalue weighted by atomic mass is 9.65. The number of fused-ring (bicyclic) bond motifs is 9. The highest BCUT2D eigenvalue weighted by atomic mass is 32.1. The predicted octanol–water partition coefficient (Wildman–Crippen LogP) is 31.9. The third-order valence-corrected chi connectivity index (χ3v) is 31.0. The van der Waals surface area contributed by atoms with Gasteiger partial charge in [-0.3, -0.25) is 9.59 Å². The van der Waals surface area contributed by atoms with Crippen LogP contribution in [-0.4, -0.2) is 12.6 Å². The fraction of sp³-hybridized carbons (Fsp3) is 0.510. The molecule has 6 heterocycles. The van der Waals surface area contributed by atoms with Crippen molar-refractivity contribution in [3.63, 3.8) is 0 Å². The molecule has 2 aliphatic carbocycles. The first-order chi connectivity index (χ1) is 52.1. The van der Waals surface area contributed by atoms with Crippen molar-refractivity contribution in [2.75, 3.05) is 0 Å². The van der Waals surface area contributed by atoms with E-state index in [-0.39, 0.29) is 0 Å². The monoisotopic (exact) mass is 1520 g/mol. The molecule has 0 N–H and O–H groups in total. The second kappa shape index (κ2) is 39.5. The normalized spacial score (nSPS) is 13.3. The van der Waals surface area contributed by atoms with Crippen molar-refractivity contribution in [2.24, 2.45) is 0 Å². The van der Waals surface area contributed by atoms with Gasteiger partial charge >= 0.3 is 0 Å². The van der Waals surface area contributed by atoms with E-state index in [0.717, 1.165) is 73.7 Å². The number of unbranched alkanes of at least 4 members (excludes halogenated alkanes) is 24. The van der Waals surface area contributed by atoms with Gasteiger partial charge in [0.25, 0.3) is 0 Å². The molecule has 8 heteroatoms. The maximum Gasteiger partial charge on any atom is 0.160 e. The standard InChI is InChI=1S/C98H124O2S6/c1-9-17-25-33-41-69-53-70(42-34-26-18-10-2)58-77(57-69)97(78-59-71(43-35-27-19-11-3)54-72(60-78)44-36-28-20-12-4)83-65-87(85-51-49-81(67-99)101-85)103-91(83)93-89(97)95-96(105-93)90-94(106-95)92-84(66-88(104-92)86-52-50-82(68-100)102-86)98(90,79-61-73(45-37-29-21-13-5)55-74(62-79)46-38-30-22-14-6)80-63-75(47-39-31-23-15-7)56-76(64-80)48-40-32-24-16-8/h49-68H,9-48H2,1-8H3. The molecule has 0 spiro atoms. The smallest absolute Gasteiger partial charge is 0.160 e. The van der Waals surface area contributed by atoms with E-state index in [4.69, 9.17) is 0 Å². The Labute approximate surface area is 664 Å². The van der Waals surface area contributed by atoms with Crippen molar-refractivity contribution in [3.8, 4) is 39.0 Å². The molecule has 0 bridgehead atoms. The van der Waals surface area contributed by atoms with E-state index in [0.29, 0.717) is 0 Å². The summed E-state index contributed by atoms with van der Waals surface area (Å²) in [7, 11) is 0. The number of carbonyl (C=O) groups is 2. The zero-order chi connectivity index (χ0) is 73.8. The van der Waals surface area contributed by atoms with Gasteiger partial charge < -0.3 is 0 Å². The zero-order valence-electron chi connectivity index (χ0n) is 66.1. The first-order valence-corrected chi connectivity index (χ1v) is 47.5. The molecule has 106 heavy (non-hydrogen) atoms. The molecular weight excluding hydrogens is 1400 g/mol. The van der Waals surface area contributed by atoms with Gasteiger partial charge in [-0.05, 0) is 217 Å². The molecule has 0 unspecified atom stereocenters. The summed E-state index contributed by atoms with van der Waals surface area (Å²) in [6, 6.07) is 46.4. The number of aryl methyl sites for hydroxylation is 8. The van der Waals surface area contributed by atoms with Crippen LogP contribution in [0, 0.1) is 0 Å². The van der Waals surface area contributed by atoms with E-state index in [1.165, 1.54) is 343 Å². The maximum absolute atomic E-state index is 12.7. The Hall–Kier alpha value is -5.32. The molecule has 0 atom stereocenters. The summed E-state index contributed by atoms with van der Waals surface area (Å²) in [6.07, 6.45) is 50.3. The molecule has 12 rings (SSSR count). The minimum atomic E-state index is -0.654. The van der Waals surface area contributed by atoms with Gasteiger partial charge in [-0.25, -0.2) is 0 Å². The second-order valence-corrected chi connectivity index (χ2v) is 38.1. The van der Waals surface area contributed by atoms with E-state index < -0.39 is 10.8 Å².